The van der Waals surface area contributed by atoms with Gasteiger partial charge in [0.05, 0.1) is 6.10 Å². The molecular formula is C13H21N3O2. The molecule has 100 valence electrons. The first-order valence-corrected chi connectivity index (χ1v) is 6.07. The van der Waals surface area contributed by atoms with Crippen molar-refractivity contribution in [3.63, 3.8) is 0 Å². The second-order valence-corrected chi connectivity index (χ2v) is 4.28. The Hall–Kier alpha value is -1.75. The zero-order valence-corrected chi connectivity index (χ0v) is 10.9. The van der Waals surface area contributed by atoms with Crippen molar-refractivity contribution in [3.8, 4) is 5.75 Å². The second-order valence-electron chi connectivity index (χ2n) is 4.28. The number of carbonyl (C=O) groups excluding carboxylic acids is 1. The molecule has 1 aromatic rings. The van der Waals surface area contributed by atoms with Crippen LogP contribution >= 0.6 is 0 Å². The van der Waals surface area contributed by atoms with Crippen molar-refractivity contribution >= 4 is 6.03 Å². The van der Waals surface area contributed by atoms with Gasteiger partial charge < -0.3 is 21.1 Å². The van der Waals surface area contributed by atoms with E-state index in [1.54, 1.807) is 0 Å². The fourth-order valence-corrected chi connectivity index (χ4v) is 1.51. The molecule has 0 aromatic heterocycles. The maximum Gasteiger partial charge on any atom is 0.312 e. The van der Waals surface area contributed by atoms with Gasteiger partial charge in [-0.1, -0.05) is 12.1 Å². The minimum absolute atomic E-state index is 0.174. The van der Waals surface area contributed by atoms with Crippen LogP contribution < -0.4 is 21.1 Å². The molecule has 0 heterocycles. The van der Waals surface area contributed by atoms with Crippen LogP contribution in [0.4, 0.5) is 4.79 Å². The largest absolute Gasteiger partial charge is 0.491 e. The lowest BCUT2D eigenvalue weighted by Gasteiger charge is -2.11. The predicted octanol–water partition coefficient (Wildman–Crippen LogP) is 1.23. The van der Waals surface area contributed by atoms with E-state index in [1.165, 1.54) is 0 Å². The highest BCUT2D eigenvalue weighted by atomic mass is 16.5. The van der Waals surface area contributed by atoms with Crippen LogP contribution in [0.25, 0.3) is 0 Å². The molecule has 1 rings (SSSR count). The van der Waals surface area contributed by atoms with E-state index in [0.29, 0.717) is 13.1 Å². The van der Waals surface area contributed by atoms with Crippen LogP contribution in [-0.4, -0.2) is 25.2 Å². The molecule has 5 nitrogen and oxygen atoms in total. The van der Waals surface area contributed by atoms with Crippen molar-refractivity contribution in [2.24, 2.45) is 5.73 Å². The van der Waals surface area contributed by atoms with Gasteiger partial charge >= 0.3 is 6.03 Å². The average Bonchev–Trinajstić information content (AvgIpc) is 2.27. The Morgan fingerprint density at radius 3 is 2.83 bits per heavy atom. The lowest BCUT2D eigenvalue weighted by atomic mass is 10.2. The molecule has 0 atom stereocenters. The summed E-state index contributed by atoms with van der Waals surface area (Å²) in [4.78, 5) is 10.4. The molecule has 0 aliphatic heterocycles. The first-order chi connectivity index (χ1) is 8.58. The van der Waals surface area contributed by atoms with Gasteiger partial charge in [-0.2, -0.15) is 0 Å². The van der Waals surface area contributed by atoms with Gasteiger partial charge in [0.2, 0.25) is 0 Å². The fraction of sp³-hybridized carbons (Fsp3) is 0.462. The SMILES string of the molecule is CC(C)Oc1cccc(CNCCNC(N)=O)c1. The van der Waals surface area contributed by atoms with Gasteiger partial charge in [0.25, 0.3) is 0 Å². The van der Waals surface area contributed by atoms with Gasteiger partial charge in [0.1, 0.15) is 5.75 Å². The zero-order chi connectivity index (χ0) is 13.4. The van der Waals surface area contributed by atoms with Gasteiger partial charge in [-0.3, -0.25) is 0 Å². The molecule has 0 bridgehead atoms. The Labute approximate surface area is 108 Å². The number of hydrogen-bond donors (Lipinski definition) is 3. The standard InChI is InChI=1S/C13H21N3O2/c1-10(2)18-12-5-3-4-11(8-12)9-15-6-7-16-13(14)17/h3-5,8,10,15H,6-7,9H2,1-2H3,(H3,14,16,17). The van der Waals surface area contributed by atoms with Gasteiger partial charge in [0, 0.05) is 19.6 Å². The summed E-state index contributed by atoms with van der Waals surface area (Å²) in [5, 5.41) is 5.73. The molecule has 18 heavy (non-hydrogen) atoms. The van der Waals surface area contributed by atoms with Crippen LogP contribution in [0.5, 0.6) is 5.75 Å². The van der Waals surface area contributed by atoms with Gasteiger partial charge in [-0.15, -0.1) is 0 Å². The summed E-state index contributed by atoms with van der Waals surface area (Å²) in [7, 11) is 0. The molecule has 0 spiro atoms. The van der Waals surface area contributed by atoms with Crippen LogP contribution in [0.3, 0.4) is 0 Å². The fourth-order valence-electron chi connectivity index (χ4n) is 1.51. The summed E-state index contributed by atoms with van der Waals surface area (Å²) in [5.41, 5.74) is 6.10. The van der Waals surface area contributed by atoms with Crippen LogP contribution in [0.2, 0.25) is 0 Å². The Balaban J connectivity index is 2.31. The molecule has 2 amide bonds. The van der Waals surface area contributed by atoms with E-state index in [9.17, 15) is 4.79 Å². The van der Waals surface area contributed by atoms with Gasteiger partial charge in [0.15, 0.2) is 0 Å². The second kappa shape index (κ2) is 7.55. The van der Waals surface area contributed by atoms with Crippen molar-refractivity contribution < 1.29 is 9.53 Å². The van der Waals surface area contributed by atoms with E-state index in [1.807, 2.05) is 38.1 Å². The number of ether oxygens (including phenoxy) is 1. The molecule has 0 aliphatic carbocycles. The summed E-state index contributed by atoms with van der Waals surface area (Å²) in [6.45, 7) is 5.94. The Morgan fingerprint density at radius 2 is 2.17 bits per heavy atom. The highest BCUT2D eigenvalue weighted by molar-refractivity contribution is 5.71. The number of amides is 2. The maximum atomic E-state index is 10.4. The Morgan fingerprint density at radius 1 is 1.39 bits per heavy atom. The van der Waals surface area contributed by atoms with E-state index in [-0.39, 0.29) is 6.10 Å². The zero-order valence-electron chi connectivity index (χ0n) is 10.9. The number of rotatable bonds is 7. The van der Waals surface area contributed by atoms with E-state index >= 15 is 0 Å². The molecule has 0 aliphatic rings. The molecular weight excluding hydrogens is 230 g/mol. The molecule has 0 saturated heterocycles. The first kappa shape index (κ1) is 14.3. The number of nitrogens with two attached hydrogens (primary N) is 1. The Kier molecular flexibility index (Phi) is 6.00. The molecule has 5 heteroatoms. The number of hydrogen-bond acceptors (Lipinski definition) is 3. The van der Waals surface area contributed by atoms with E-state index in [4.69, 9.17) is 10.5 Å². The molecule has 0 fully saturated rings. The molecule has 0 radical (unpaired) electrons. The van der Waals surface area contributed by atoms with Crippen LogP contribution in [-0.2, 0) is 6.54 Å². The monoisotopic (exact) mass is 251 g/mol. The molecule has 1 aromatic carbocycles. The van der Waals surface area contributed by atoms with E-state index in [0.717, 1.165) is 17.9 Å². The maximum absolute atomic E-state index is 10.4. The smallest absolute Gasteiger partial charge is 0.312 e. The third-order valence-corrected chi connectivity index (χ3v) is 2.20. The van der Waals surface area contributed by atoms with Crippen LogP contribution in [0, 0.1) is 0 Å². The normalized spacial score (nSPS) is 10.4. The van der Waals surface area contributed by atoms with E-state index < -0.39 is 6.03 Å². The van der Waals surface area contributed by atoms with Crippen molar-refractivity contribution in [2.75, 3.05) is 13.1 Å². The lowest BCUT2D eigenvalue weighted by Crippen LogP contribution is -2.35. The quantitative estimate of drug-likeness (QED) is 0.638. The summed E-state index contributed by atoms with van der Waals surface area (Å²) >= 11 is 0. The number of urea groups is 1. The first-order valence-electron chi connectivity index (χ1n) is 6.07. The average molecular weight is 251 g/mol. The number of benzene rings is 1. The van der Waals surface area contributed by atoms with Crippen molar-refractivity contribution in [3.05, 3.63) is 29.8 Å². The highest BCUT2D eigenvalue weighted by Crippen LogP contribution is 2.14. The number of carbonyl (C=O) groups is 1. The summed E-state index contributed by atoms with van der Waals surface area (Å²) in [5.74, 6) is 0.875. The molecule has 0 saturated carbocycles. The lowest BCUT2D eigenvalue weighted by molar-refractivity contribution is 0.242. The van der Waals surface area contributed by atoms with Crippen molar-refractivity contribution in [2.45, 2.75) is 26.5 Å². The third-order valence-electron chi connectivity index (χ3n) is 2.20. The van der Waals surface area contributed by atoms with Gasteiger partial charge in [-0.05, 0) is 31.5 Å². The molecule has 0 unspecified atom stereocenters. The number of primary amides is 1. The predicted molar refractivity (Wildman–Crippen MR) is 71.5 cm³/mol. The minimum Gasteiger partial charge on any atom is -0.491 e. The summed E-state index contributed by atoms with van der Waals surface area (Å²) in [6.07, 6.45) is 0.174. The van der Waals surface area contributed by atoms with Crippen molar-refractivity contribution in [1.82, 2.24) is 10.6 Å². The third kappa shape index (κ3) is 6.10. The van der Waals surface area contributed by atoms with Gasteiger partial charge in [-0.25, -0.2) is 4.79 Å². The number of nitrogens with one attached hydrogen (secondary N) is 2. The van der Waals surface area contributed by atoms with Crippen LogP contribution in [0.1, 0.15) is 19.4 Å². The summed E-state index contributed by atoms with van der Waals surface area (Å²) in [6, 6.07) is 7.45. The molecule has 4 N–H and O–H groups in total. The van der Waals surface area contributed by atoms with E-state index in [2.05, 4.69) is 10.6 Å². The summed E-state index contributed by atoms with van der Waals surface area (Å²) < 4.78 is 5.61. The van der Waals surface area contributed by atoms with Crippen LogP contribution in [0.15, 0.2) is 24.3 Å². The minimum atomic E-state index is -0.496. The highest BCUT2D eigenvalue weighted by Gasteiger charge is 1.99. The topological polar surface area (TPSA) is 76.4 Å². The van der Waals surface area contributed by atoms with Crippen molar-refractivity contribution in [1.29, 1.82) is 0 Å². The Bertz CT molecular complexity index is 380.